The van der Waals surface area contributed by atoms with Gasteiger partial charge in [0, 0.05) is 22.0 Å². The summed E-state index contributed by atoms with van der Waals surface area (Å²) in [6.07, 6.45) is 0.558. The van der Waals surface area contributed by atoms with E-state index in [4.69, 9.17) is 9.52 Å². The molecule has 0 fully saturated rings. The Labute approximate surface area is 159 Å². The number of rotatable bonds is 6. The first-order valence-corrected chi connectivity index (χ1v) is 10.1. The lowest BCUT2D eigenvalue weighted by atomic mass is 10.1. The van der Waals surface area contributed by atoms with E-state index in [1.807, 2.05) is 24.3 Å². The number of carboxylic acids is 1. The Kier molecular flexibility index (Phi) is 5.17. The van der Waals surface area contributed by atoms with Gasteiger partial charge in [-0.3, -0.25) is 0 Å². The van der Waals surface area contributed by atoms with Gasteiger partial charge >= 0.3 is 5.97 Å². The fourth-order valence-corrected chi connectivity index (χ4v) is 3.96. The highest BCUT2D eigenvalue weighted by Gasteiger charge is 2.20. The van der Waals surface area contributed by atoms with Crippen LogP contribution >= 0.6 is 15.9 Å². The second-order valence-corrected chi connectivity index (χ2v) is 8.48. The average Bonchev–Trinajstić information content (AvgIpc) is 2.93. The van der Waals surface area contributed by atoms with Crippen molar-refractivity contribution in [2.75, 3.05) is 6.54 Å². The maximum atomic E-state index is 12.5. The summed E-state index contributed by atoms with van der Waals surface area (Å²) in [5.74, 6) is -1.37. The van der Waals surface area contributed by atoms with Gasteiger partial charge in [-0.25, -0.2) is 17.9 Å². The van der Waals surface area contributed by atoms with Crippen LogP contribution in [0.4, 0.5) is 0 Å². The molecule has 136 valence electrons. The number of nitrogens with one attached hydrogen (secondary N) is 1. The van der Waals surface area contributed by atoms with Crippen molar-refractivity contribution in [3.05, 3.63) is 63.8 Å². The Morgan fingerprint density at radius 3 is 2.54 bits per heavy atom. The fourth-order valence-electron chi connectivity index (χ4n) is 2.64. The summed E-state index contributed by atoms with van der Waals surface area (Å²) in [5, 5.41) is 9.58. The first kappa shape index (κ1) is 18.6. The van der Waals surface area contributed by atoms with Crippen molar-refractivity contribution in [2.24, 2.45) is 0 Å². The molecule has 0 aliphatic heterocycles. The zero-order chi connectivity index (χ0) is 18.9. The molecule has 0 unspecified atom stereocenters. The molecule has 2 N–H and O–H groups in total. The SMILES string of the molecule is Cc1c(C(=O)O)oc2ccc(S(=O)(=O)NCCc3ccc(Br)cc3)cc12. The molecular formula is C18H16BrNO5S. The summed E-state index contributed by atoms with van der Waals surface area (Å²) in [6.45, 7) is 1.85. The minimum Gasteiger partial charge on any atom is -0.475 e. The first-order valence-electron chi connectivity index (χ1n) is 7.78. The van der Waals surface area contributed by atoms with Gasteiger partial charge in [0.2, 0.25) is 15.8 Å². The van der Waals surface area contributed by atoms with Gasteiger partial charge < -0.3 is 9.52 Å². The third kappa shape index (κ3) is 3.82. The van der Waals surface area contributed by atoms with E-state index in [-0.39, 0.29) is 17.2 Å². The number of sulfonamides is 1. The number of hydrogen-bond donors (Lipinski definition) is 2. The van der Waals surface area contributed by atoms with Gasteiger partial charge in [-0.05, 0) is 49.2 Å². The van der Waals surface area contributed by atoms with E-state index in [9.17, 15) is 13.2 Å². The molecule has 0 atom stereocenters. The van der Waals surface area contributed by atoms with Crippen LogP contribution in [0, 0.1) is 6.92 Å². The molecular weight excluding hydrogens is 422 g/mol. The number of hydrogen-bond acceptors (Lipinski definition) is 4. The highest BCUT2D eigenvalue weighted by molar-refractivity contribution is 9.10. The molecule has 1 aromatic heterocycles. The molecule has 1 heterocycles. The van der Waals surface area contributed by atoms with E-state index in [1.165, 1.54) is 18.2 Å². The predicted octanol–water partition coefficient (Wildman–Crippen LogP) is 3.72. The van der Waals surface area contributed by atoms with Crippen LogP contribution in [0.25, 0.3) is 11.0 Å². The molecule has 0 saturated heterocycles. The van der Waals surface area contributed by atoms with Crippen LogP contribution in [0.15, 0.2) is 56.2 Å². The van der Waals surface area contributed by atoms with Crippen LogP contribution in [-0.2, 0) is 16.4 Å². The van der Waals surface area contributed by atoms with Crippen molar-refractivity contribution >= 4 is 42.9 Å². The van der Waals surface area contributed by atoms with Gasteiger partial charge in [0.15, 0.2) is 0 Å². The molecule has 0 amide bonds. The molecule has 0 aliphatic carbocycles. The summed E-state index contributed by atoms with van der Waals surface area (Å²) in [6, 6.07) is 12.0. The minimum atomic E-state index is -3.71. The van der Waals surface area contributed by atoms with E-state index in [0.29, 0.717) is 23.0 Å². The monoisotopic (exact) mass is 437 g/mol. The minimum absolute atomic E-state index is 0.0710. The van der Waals surface area contributed by atoms with Crippen LogP contribution in [0.3, 0.4) is 0 Å². The van der Waals surface area contributed by atoms with Gasteiger partial charge in [0.1, 0.15) is 5.58 Å². The Morgan fingerprint density at radius 1 is 1.19 bits per heavy atom. The topological polar surface area (TPSA) is 96.6 Å². The van der Waals surface area contributed by atoms with Gasteiger partial charge in [0.05, 0.1) is 4.90 Å². The molecule has 0 bridgehead atoms. The van der Waals surface area contributed by atoms with Crippen molar-refractivity contribution in [1.29, 1.82) is 0 Å². The maximum Gasteiger partial charge on any atom is 0.372 e. The van der Waals surface area contributed by atoms with Crippen LogP contribution < -0.4 is 4.72 Å². The maximum absolute atomic E-state index is 12.5. The van der Waals surface area contributed by atoms with Gasteiger partial charge in [-0.15, -0.1) is 0 Å². The summed E-state index contributed by atoms with van der Waals surface area (Å²) in [5.41, 5.74) is 1.76. The van der Waals surface area contributed by atoms with Crippen LogP contribution in [-0.4, -0.2) is 26.0 Å². The summed E-state index contributed by atoms with van der Waals surface area (Å²) >= 11 is 3.36. The molecule has 0 aliphatic rings. The molecule has 2 aromatic carbocycles. The van der Waals surface area contributed by atoms with Gasteiger partial charge in [-0.2, -0.15) is 0 Å². The third-order valence-corrected chi connectivity index (χ3v) is 6.02. The molecule has 0 spiro atoms. The summed E-state index contributed by atoms with van der Waals surface area (Å²) in [4.78, 5) is 11.2. The van der Waals surface area contributed by atoms with Crippen molar-refractivity contribution < 1.29 is 22.7 Å². The Morgan fingerprint density at radius 2 is 1.88 bits per heavy atom. The van der Waals surface area contributed by atoms with Gasteiger partial charge in [0.25, 0.3) is 0 Å². The second-order valence-electron chi connectivity index (χ2n) is 5.79. The standard InChI is InChI=1S/C18H16BrNO5S/c1-11-15-10-14(6-7-16(15)25-17(11)18(21)22)26(23,24)20-9-8-12-2-4-13(19)5-3-12/h2-7,10,20H,8-9H2,1H3,(H,21,22). The largest absolute Gasteiger partial charge is 0.475 e. The molecule has 3 aromatic rings. The van der Waals surface area contributed by atoms with E-state index in [2.05, 4.69) is 20.7 Å². The van der Waals surface area contributed by atoms with Gasteiger partial charge in [-0.1, -0.05) is 28.1 Å². The highest BCUT2D eigenvalue weighted by Crippen LogP contribution is 2.27. The second kappa shape index (κ2) is 7.22. The Bertz CT molecular complexity index is 1070. The summed E-state index contributed by atoms with van der Waals surface area (Å²) in [7, 11) is -3.71. The number of carboxylic acid groups (broad SMARTS) is 1. The first-order chi connectivity index (χ1) is 12.3. The fraction of sp³-hybridized carbons (Fsp3) is 0.167. The third-order valence-electron chi connectivity index (χ3n) is 4.03. The number of carbonyl (C=O) groups is 1. The lowest BCUT2D eigenvalue weighted by molar-refractivity contribution is 0.0664. The molecule has 0 radical (unpaired) electrons. The number of aryl methyl sites for hydroxylation is 1. The zero-order valence-electron chi connectivity index (χ0n) is 13.8. The normalized spacial score (nSPS) is 11.8. The number of aromatic carboxylic acids is 1. The van der Waals surface area contributed by atoms with E-state index in [1.54, 1.807) is 6.92 Å². The molecule has 0 saturated carbocycles. The van der Waals surface area contributed by atoms with Crippen molar-refractivity contribution in [1.82, 2.24) is 4.72 Å². The molecule has 8 heteroatoms. The van der Waals surface area contributed by atoms with Crippen LogP contribution in [0.5, 0.6) is 0 Å². The highest BCUT2D eigenvalue weighted by atomic mass is 79.9. The zero-order valence-corrected chi connectivity index (χ0v) is 16.2. The Balaban J connectivity index is 1.79. The summed E-state index contributed by atoms with van der Waals surface area (Å²) < 4.78 is 33.8. The molecule has 3 rings (SSSR count). The van der Waals surface area contributed by atoms with E-state index < -0.39 is 16.0 Å². The Hall–Kier alpha value is -2.16. The smallest absolute Gasteiger partial charge is 0.372 e. The average molecular weight is 438 g/mol. The lowest BCUT2D eigenvalue weighted by Gasteiger charge is -2.07. The number of halogens is 1. The van der Waals surface area contributed by atoms with Crippen LogP contribution in [0.1, 0.15) is 21.7 Å². The molecule has 6 nitrogen and oxygen atoms in total. The van der Waals surface area contributed by atoms with E-state index in [0.717, 1.165) is 10.0 Å². The predicted molar refractivity (Wildman–Crippen MR) is 101 cm³/mol. The number of fused-ring (bicyclic) bond motifs is 1. The van der Waals surface area contributed by atoms with Crippen molar-refractivity contribution in [2.45, 2.75) is 18.2 Å². The van der Waals surface area contributed by atoms with Crippen LogP contribution in [0.2, 0.25) is 0 Å². The lowest BCUT2D eigenvalue weighted by Crippen LogP contribution is -2.26. The molecule has 26 heavy (non-hydrogen) atoms. The van der Waals surface area contributed by atoms with Crippen molar-refractivity contribution in [3.8, 4) is 0 Å². The number of benzene rings is 2. The van der Waals surface area contributed by atoms with E-state index >= 15 is 0 Å². The quantitative estimate of drug-likeness (QED) is 0.612. The van der Waals surface area contributed by atoms with Crippen molar-refractivity contribution in [3.63, 3.8) is 0 Å². The number of furan rings is 1.